The van der Waals surface area contributed by atoms with Crippen LogP contribution in [0.15, 0.2) is 79.0 Å². The molecule has 0 saturated carbocycles. The summed E-state index contributed by atoms with van der Waals surface area (Å²) >= 11 is 0. The number of likely N-dealkylation sites (tertiary alicyclic amines) is 1. The van der Waals surface area contributed by atoms with Crippen LogP contribution in [-0.2, 0) is 6.54 Å². The zero-order valence-corrected chi connectivity index (χ0v) is 15.2. The minimum atomic E-state index is 0.411. The fourth-order valence-electron chi connectivity index (χ4n) is 3.90. The molecule has 1 aliphatic heterocycles. The smallest absolute Gasteiger partial charge is 0.156 e. The van der Waals surface area contributed by atoms with E-state index in [9.17, 15) is 0 Å². The molecule has 2 aromatic carbocycles. The van der Waals surface area contributed by atoms with E-state index in [1.165, 1.54) is 11.1 Å². The summed E-state index contributed by atoms with van der Waals surface area (Å²) in [5.41, 5.74) is 4.66. The average molecular weight is 354 g/mol. The monoisotopic (exact) mass is 354 g/mol. The number of pyridine rings is 1. The number of aromatic nitrogens is 3. The molecule has 1 fully saturated rings. The molecule has 0 aliphatic carbocycles. The van der Waals surface area contributed by atoms with Gasteiger partial charge in [0.2, 0.25) is 0 Å². The van der Waals surface area contributed by atoms with Crippen LogP contribution in [0.3, 0.4) is 0 Å². The normalized spacial score (nSPS) is 17.6. The van der Waals surface area contributed by atoms with Gasteiger partial charge in [-0.05, 0) is 36.2 Å². The second kappa shape index (κ2) is 6.97. The highest BCUT2D eigenvalue weighted by atomic mass is 15.3. The van der Waals surface area contributed by atoms with Crippen molar-refractivity contribution >= 4 is 5.65 Å². The predicted octanol–water partition coefficient (Wildman–Crippen LogP) is 4.39. The van der Waals surface area contributed by atoms with Crippen LogP contribution in [0.4, 0.5) is 0 Å². The zero-order valence-electron chi connectivity index (χ0n) is 15.2. The summed E-state index contributed by atoms with van der Waals surface area (Å²) in [5.74, 6) is 1.38. The van der Waals surface area contributed by atoms with Crippen molar-refractivity contribution in [1.82, 2.24) is 19.5 Å². The first-order valence-electron chi connectivity index (χ1n) is 9.53. The molecule has 1 saturated heterocycles. The third-order valence-electron chi connectivity index (χ3n) is 5.34. The Labute approximate surface area is 159 Å². The molecule has 0 N–H and O–H groups in total. The van der Waals surface area contributed by atoms with Crippen LogP contribution in [0.2, 0.25) is 0 Å². The molecule has 0 unspecified atom stereocenters. The first kappa shape index (κ1) is 16.2. The number of hydrogen-bond donors (Lipinski definition) is 0. The lowest BCUT2D eigenvalue weighted by Crippen LogP contribution is -2.19. The van der Waals surface area contributed by atoms with Crippen molar-refractivity contribution in [3.05, 3.63) is 90.4 Å². The Morgan fingerprint density at radius 1 is 0.852 bits per heavy atom. The molecular formula is C23H22N4. The first-order valence-corrected chi connectivity index (χ1v) is 9.53. The van der Waals surface area contributed by atoms with Gasteiger partial charge in [0, 0.05) is 30.8 Å². The largest absolute Gasteiger partial charge is 0.298 e. The second-order valence-electron chi connectivity index (χ2n) is 7.26. The van der Waals surface area contributed by atoms with Crippen LogP contribution in [-0.4, -0.2) is 32.6 Å². The second-order valence-corrected chi connectivity index (χ2v) is 7.26. The van der Waals surface area contributed by atoms with E-state index in [2.05, 4.69) is 77.8 Å². The number of hydrogen-bond acceptors (Lipinski definition) is 3. The Hall–Kier alpha value is -2.98. The number of benzene rings is 2. The van der Waals surface area contributed by atoms with Crippen LogP contribution in [0.1, 0.15) is 23.7 Å². The molecule has 2 aromatic heterocycles. The van der Waals surface area contributed by atoms with Gasteiger partial charge in [-0.2, -0.15) is 5.10 Å². The van der Waals surface area contributed by atoms with E-state index in [4.69, 9.17) is 10.1 Å². The molecule has 0 bridgehead atoms. The molecule has 134 valence electrons. The molecule has 4 heteroatoms. The van der Waals surface area contributed by atoms with Gasteiger partial charge in [0.25, 0.3) is 0 Å². The lowest BCUT2D eigenvalue weighted by atomic mass is 10.1. The maximum absolute atomic E-state index is 4.80. The Morgan fingerprint density at radius 2 is 1.63 bits per heavy atom. The standard InChI is InChI=1S/C23H22N4/c1-3-7-18(8-4-1)15-26-14-13-21(16-26)23-24-22-12-11-20(17-27(22)25-23)19-9-5-2-6-10-19/h1-12,17,21H,13-16H2/t21-/m0/s1. The summed E-state index contributed by atoms with van der Waals surface area (Å²) in [4.78, 5) is 7.30. The molecule has 1 aliphatic rings. The van der Waals surface area contributed by atoms with Gasteiger partial charge in [0.05, 0.1) is 0 Å². The van der Waals surface area contributed by atoms with E-state index in [1.807, 2.05) is 10.6 Å². The molecule has 27 heavy (non-hydrogen) atoms. The number of nitrogens with zero attached hydrogens (tertiary/aromatic N) is 4. The number of fused-ring (bicyclic) bond motifs is 1. The van der Waals surface area contributed by atoms with Crippen molar-refractivity contribution in [3.63, 3.8) is 0 Å². The van der Waals surface area contributed by atoms with Gasteiger partial charge >= 0.3 is 0 Å². The molecule has 1 atom stereocenters. The minimum Gasteiger partial charge on any atom is -0.298 e. The van der Waals surface area contributed by atoms with Gasteiger partial charge in [-0.1, -0.05) is 60.7 Å². The Kier molecular flexibility index (Phi) is 4.18. The van der Waals surface area contributed by atoms with Crippen molar-refractivity contribution < 1.29 is 0 Å². The maximum Gasteiger partial charge on any atom is 0.156 e. The minimum absolute atomic E-state index is 0.411. The molecule has 4 nitrogen and oxygen atoms in total. The third-order valence-corrected chi connectivity index (χ3v) is 5.34. The van der Waals surface area contributed by atoms with E-state index >= 15 is 0 Å². The van der Waals surface area contributed by atoms with E-state index < -0.39 is 0 Å². The van der Waals surface area contributed by atoms with Gasteiger partial charge in [-0.15, -0.1) is 0 Å². The van der Waals surface area contributed by atoms with Crippen LogP contribution < -0.4 is 0 Å². The summed E-state index contributed by atoms with van der Waals surface area (Å²) < 4.78 is 1.93. The molecule has 4 aromatic rings. The van der Waals surface area contributed by atoms with Crippen LogP contribution >= 0.6 is 0 Å². The highest BCUT2D eigenvalue weighted by molar-refractivity contribution is 5.64. The quantitative estimate of drug-likeness (QED) is 0.545. The lowest BCUT2D eigenvalue weighted by molar-refractivity contribution is 0.326. The van der Waals surface area contributed by atoms with E-state index in [1.54, 1.807) is 0 Å². The van der Waals surface area contributed by atoms with Gasteiger partial charge < -0.3 is 0 Å². The number of rotatable bonds is 4. The van der Waals surface area contributed by atoms with Crippen LogP contribution in [0.25, 0.3) is 16.8 Å². The first-order chi connectivity index (χ1) is 13.3. The molecule has 3 heterocycles. The lowest BCUT2D eigenvalue weighted by Gasteiger charge is -2.15. The Morgan fingerprint density at radius 3 is 2.44 bits per heavy atom. The Balaban J connectivity index is 1.35. The zero-order chi connectivity index (χ0) is 18.1. The maximum atomic E-state index is 4.80. The predicted molar refractivity (Wildman–Crippen MR) is 108 cm³/mol. The molecule has 5 rings (SSSR count). The highest BCUT2D eigenvalue weighted by Crippen LogP contribution is 2.27. The van der Waals surface area contributed by atoms with Gasteiger partial charge in [0.1, 0.15) is 0 Å². The topological polar surface area (TPSA) is 33.4 Å². The summed E-state index contributed by atoms with van der Waals surface area (Å²) in [7, 11) is 0. The highest BCUT2D eigenvalue weighted by Gasteiger charge is 2.27. The van der Waals surface area contributed by atoms with Crippen molar-refractivity contribution in [2.75, 3.05) is 13.1 Å². The van der Waals surface area contributed by atoms with E-state index in [0.29, 0.717) is 5.92 Å². The van der Waals surface area contributed by atoms with Gasteiger partial charge in [-0.3, -0.25) is 4.90 Å². The van der Waals surface area contributed by atoms with E-state index in [-0.39, 0.29) is 0 Å². The third kappa shape index (κ3) is 3.36. The summed E-state index contributed by atoms with van der Waals surface area (Å²) in [6.07, 6.45) is 3.20. The average Bonchev–Trinajstić information content (AvgIpc) is 3.35. The molecule has 0 spiro atoms. The fourth-order valence-corrected chi connectivity index (χ4v) is 3.90. The molecule has 0 amide bonds. The fraction of sp³-hybridized carbons (Fsp3) is 0.217. The molecule has 0 radical (unpaired) electrons. The summed E-state index contributed by atoms with van der Waals surface area (Å²) in [6, 6.07) is 25.3. The van der Waals surface area contributed by atoms with Gasteiger partial charge in [-0.25, -0.2) is 9.50 Å². The van der Waals surface area contributed by atoms with Gasteiger partial charge in [0.15, 0.2) is 11.5 Å². The van der Waals surface area contributed by atoms with E-state index in [0.717, 1.165) is 43.1 Å². The molecular weight excluding hydrogens is 332 g/mol. The van der Waals surface area contributed by atoms with Crippen molar-refractivity contribution in [2.24, 2.45) is 0 Å². The summed E-state index contributed by atoms with van der Waals surface area (Å²) in [6.45, 7) is 3.13. The van der Waals surface area contributed by atoms with Crippen molar-refractivity contribution in [3.8, 4) is 11.1 Å². The Bertz CT molecular complexity index is 1040. The van der Waals surface area contributed by atoms with Crippen molar-refractivity contribution in [2.45, 2.75) is 18.9 Å². The van der Waals surface area contributed by atoms with Crippen molar-refractivity contribution in [1.29, 1.82) is 0 Å². The SMILES string of the molecule is c1ccc(CN2CC[C@H](c3nc4ccc(-c5ccccc5)cn4n3)C2)cc1. The van der Waals surface area contributed by atoms with Crippen LogP contribution in [0, 0.1) is 0 Å². The summed E-state index contributed by atoms with van der Waals surface area (Å²) in [5, 5.41) is 4.80. The van der Waals surface area contributed by atoms with Crippen LogP contribution in [0.5, 0.6) is 0 Å².